The van der Waals surface area contributed by atoms with Gasteiger partial charge in [-0.25, -0.2) is 0 Å². The highest BCUT2D eigenvalue weighted by Crippen LogP contribution is 2.73. The minimum Gasteiger partial charge on any atom is -0.388 e. The highest BCUT2D eigenvalue weighted by atomic mass is 16.7. The molecule has 182 valence electrons. The van der Waals surface area contributed by atoms with Gasteiger partial charge in [-0.1, -0.05) is 20.8 Å². The molecule has 2 heterocycles. The van der Waals surface area contributed by atoms with Gasteiger partial charge in [0.15, 0.2) is 23.1 Å². The van der Waals surface area contributed by atoms with Gasteiger partial charge in [0.05, 0.1) is 16.6 Å². The Hall–Kier alpha value is -1.89. The van der Waals surface area contributed by atoms with E-state index in [1.165, 1.54) is 6.08 Å². The molecule has 1 N–H and O–H groups in total. The standard InChI is InChI=1S/C28H34O6/c1-15-14-28(33-23(15,3)4)16(2)26(32)9-10-27(34-28)19-12-21(30)20-11-17(29)7-8-24(20,5)18(19)13-22(31)25(26,27)6/h11-13,15-16,32H,7-10,14H2,1-6H3/t15-,16-,24?,25+,26-,27-,28?/m0/s1. The summed E-state index contributed by atoms with van der Waals surface area (Å²) in [5.74, 6) is -1.73. The van der Waals surface area contributed by atoms with Crippen LogP contribution in [0.3, 0.4) is 0 Å². The average molecular weight is 467 g/mol. The molecule has 2 bridgehead atoms. The molecule has 2 unspecified atom stereocenters. The molecular formula is C28H34O6. The number of hydrogen-bond acceptors (Lipinski definition) is 6. The first kappa shape index (κ1) is 22.6. The summed E-state index contributed by atoms with van der Waals surface area (Å²) in [6.45, 7) is 11.9. The van der Waals surface area contributed by atoms with Crippen molar-refractivity contribution in [2.75, 3.05) is 0 Å². The van der Waals surface area contributed by atoms with Crippen LogP contribution in [0.1, 0.15) is 73.6 Å². The molecule has 6 heteroatoms. The number of ketones is 3. The first-order valence-corrected chi connectivity index (χ1v) is 12.6. The molecule has 6 aliphatic rings. The van der Waals surface area contributed by atoms with E-state index in [1.807, 2.05) is 34.6 Å². The molecule has 3 fully saturated rings. The third-order valence-corrected chi connectivity index (χ3v) is 10.9. The summed E-state index contributed by atoms with van der Waals surface area (Å²) < 4.78 is 13.7. The Morgan fingerprint density at radius 3 is 2.24 bits per heavy atom. The van der Waals surface area contributed by atoms with E-state index in [4.69, 9.17) is 9.47 Å². The van der Waals surface area contributed by atoms with Gasteiger partial charge in [0.25, 0.3) is 0 Å². The van der Waals surface area contributed by atoms with E-state index < -0.39 is 39.3 Å². The van der Waals surface area contributed by atoms with E-state index in [1.54, 1.807) is 12.2 Å². The summed E-state index contributed by atoms with van der Waals surface area (Å²) in [4.78, 5) is 39.6. The maximum absolute atomic E-state index is 14.0. The molecule has 6 rings (SSSR count). The van der Waals surface area contributed by atoms with E-state index in [2.05, 4.69) is 6.92 Å². The molecule has 7 atom stereocenters. The predicted octanol–water partition coefficient (Wildman–Crippen LogP) is 3.77. The van der Waals surface area contributed by atoms with Gasteiger partial charge in [-0.05, 0) is 75.3 Å². The number of allylic oxidation sites excluding steroid dienone is 4. The Balaban J connectivity index is 1.61. The smallest absolute Gasteiger partial charge is 0.183 e. The molecule has 4 aliphatic carbocycles. The molecule has 0 radical (unpaired) electrons. The van der Waals surface area contributed by atoms with Gasteiger partial charge in [-0.15, -0.1) is 0 Å². The highest BCUT2D eigenvalue weighted by Gasteiger charge is 2.82. The van der Waals surface area contributed by atoms with Crippen molar-refractivity contribution in [3.63, 3.8) is 0 Å². The van der Waals surface area contributed by atoms with Gasteiger partial charge >= 0.3 is 0 Å². The van der Waals surface area contributed by atoms with Crippen molar-refractivity contribution in [1.82, 2.24) is 0 Å². The number of carbonyl (C=O) groups excluding carboxylic acids is 3. The summed E-state index contributed by atoms with van der Waals surface area (Å²) in [6.07, 6.45) is 6.88. The number of rotatable bonds is 0. The van der Waals surface area contributed by atoms with Crippen molar-refractivity contribution >= 4 is 17.3 Å². The molecule has 6 nitrogen and oxygen atoms in total. The van der Waals surface area contributed by atoms with Gasteiger partial charge in [0.1, 0.15) is 5.60 Å². The van der Waals surface area contributed by atoms with E-state index in [-0.39, 0.29) is 23.3 Å². The maximum Gasteiger partial charge on any atom is 0.183 e. The van der Waals surface area contributed by atoms with Gasteiger partial charge in [-0.2, -0.15) is 0 Å². The largest absolute Gasteiger partial charge is 0.388 e. The maximum atomic E-state index is 14.0. The zero-order chi connectivity index (χ0) is 24.7. The lowest BCUT2D eigenvalue weighted by Crippen LogP contribution is -2.74. The summed E-state index contributed by atoms with van der Waals surface area (Å²) >= 11 is 0. The fraction of sp³-hybridized carbons (Fsp3) is 0.679. The van der Waals surface area contributed by atoms with Crippen LogP contribution in [0.5, 0.6) is 0 Å². The number of carbonyl (C=O) groups is 3. The molecule has 0 amide bonds. The minimum atomic E-state index is -1.34. The fourth-order valence-corrected chi connectivity index (χ4v) is 8.18. The first-order chi connectivity index (χ1) is 15.7. The third kappa shape index (κ3) is 2.18. The molecule has 0 aromatic rings. The number of aliphatic hydroxyl groups is 1. The quantitative estimate of drug-likeness (QED) is 0.585. The van der Waals surface area contributed by atoms with Gasteiger partial charge in [-0.3, -0.25) is 14.4 Å². The minimum absolute atomic E-state index is 0.0593. The zero-order valence-electron chi connectivity index (χ0n) is 20.9. The highest BCUT2D eigenvalue weighted by molar-refractivity contribution is 6.15. The van der Waals surface area contributed by atoms with Crippen molar-refractivity contribution < 1.29 is 29.0 Å². The number of hydrogen-bond donors (Lipinski definition) is 1. The fourth-order valence-electron chi connectivity index (χ4n) is 8.18. The Morgan fingerprint density at radius 1 is 0.882 bits per heavy atom. The summed E-state index contributed by atoms with van der Waals surface area (Å²) in [7, 11) is 0. The SMILES string of the molecule is C[C@@H]1C2(C[C@H](C)C(C)(C)O2)O[C@]23CC[C@@]1(O)[C@@]2(C)C(=O)C=C1C3=CC(=O)C2=CC(=O)CCC21C. The van der Waals surface area contributed by atoms with E-state index in [0.29, 0.717) is 43.3 Å². The van der Waals surface area contributed by atoms with Crippen molar-refractivity contribution in [1.29, 1.82) is 0 Å². The van der Waals surface area contributed by atoms with Crippen LogP contribution >= 0.6 is 0 Å². The van der Waals surface area contributed by atoms with Crippen LogP contribution < -0.4 is 0 Å². The Labute approximate surface area is 200 Å². The summed E-state index contributed by atoms with van der Waals surface area (Å²) in [5.41, 5.74) is -3.02. The monoisotopic (exact) mass is 466 g/mol. The van der Waals surface area contributed by atoms with Crippen LogP contribution in [0, 0.1) is 22.7 Å². The molecule has 1 spiro atoms. The average Bonchev–Trinajstić information content (AvgIpc) is 3.10. The summed E-state index contributed by atoms with van der Waals surface area (Å²) in [5, 5.41) is 12.3. The molecule has 0 aromatic carbocycles. The van der Waals surface area contributed by atoms with Crippen LogP contribution in [0.2, 0.25) is 0 Å². The zero-order valence-corrected chi connectivity index (χ0v) is 20.9. The third-order valence-electron chi connectivity index (χ3n) is 10.9. The topological polar surface area (TPSA) is 89.9 Å². The lowest BCUT2D eigenvalue weighted by Gasteiger charge is -2.63. The van der Waals surface area contributed by atoms with Gasteiger partial charge in [0.2, 0.25) is 0 Å². The summed E-state index contributed by atoms with van der Waals surface area (Å²) in [6, 6.07) is 0. The van der Waals surface area contributed by atoms with Crippen LogP contribution in [-0.4, -0.2) is 45.0 Å². The van der Waals surface area contributed by atoms with Crippen molar-refractivity contribution in [2.45, 2.75) is 96.2 Å². The second-order valence-corrected chi connectivity index (χ2v) is 12.5. The molecular weight excluding hydrogens is 432 g/mol. The number of fused-ring (bicyclic) bond motifs is 3. The van der Waals surface area contributed by atoms with Crippen LogP contribution in [0.15, 0.2) is 34.9 Å². The second kappa shape index (κ2) is 6.08. The Kier molecular flexibility index (Phi) is 4.04. The van der Waals surface area contributed by atoms with E-state index in [9.17, 15) is 19.5 Å². The molecule has 1 saturated carbocycles. The van der Waals surface area contributed by atoms with Crippen LogP contribution in [0.25, 0.3) is 0 Å². The second-order valence-electron chi connectivity index (χ2n) is 12.5. The molecule has 0 aromatic heterocycles. The normalized spacial score (nSPS) is 50.9. The van der Waals surface area contributed by atoms with Crippen molar-refractivity contribution in [3.05, 3.63) is 34.9 Å². The van der Waals surface area contributed by atoms with E-state index >= 15 is 0 Å². The van der Waals surface area contributed by atoms with Gasteiger partial charge < -0.3 is 14.6 Å². The van der Waals surface area contributed by atoms with E-state index in [0.717, 1.165) is 5.57 Å². The molecule has 34 heavy (non-hydrogen) atoms. The molecule has 2 saturated heterocycles. The lowest BCUT2D eigenvalue weighted by atomic mass is 9.49. The van der Waals surface area contributed by atoms with Crippen molar-refractivity contribution in [3.8, 4) is 0 Å². The lowest BCUT2D eigenvalue weighted by molar-refractivity contribution is -0.376. The van der Waals surface area contributed by atoms with Crippen molar-refractivity contribution in [2.24, 2.45) is 22.7 Å². The van der Waals surface area contributed by atoms with Crippen LogP contribution in [-0.2, 0) is 23.9 Å². The molecule has 2 aliphatic heterocycles. The number of ether oxygens (including phenoxy) is 2. The Bertz CT molecular complexity index is 1170. The first-order valence-electron chi connectivity index (χ1n) is 12.6. The van der Waals surface area contributed by atoms with Crippen LogP contribution in [0.4, 0.5) is 0 Å². The Morgan fingerprint density at radius 2 is 1.59 bits per heavy atom. The predicted molar refractivity (Wildman–Crippen MR) is 124 cm³/mol. The van der Waals surface area contributed by atoms with Gasteiger partial charge in [0, 0.05) is 29.7 Å².